The molecule has 2 unspecified atom stereocenters. The molecular weight excluding hydrogens is 208 g/mol. The van der Waals surface area contributed by atoms with Gasteiger partial charge in [-0.3, -0.25) is 4.79 Å². The van der Waals surface area contributed by atoms with Crippen molar-refractivity contribution in [2.45, 2.75) is 38.3 Å². The van der Waals surface area contributed by atoms with Gasteiger partial charge >= 0.3 is 0 Å². The van der Waals surface area contributed by atoms with Crippen LogP contribution in [0.2, 0.25) is 0 Å². The number of hydrogen-bond acceptors (Lipinski definition) is 4. The number of rotatable bonds is 9. The third-order valence-corrected chi connectivity index (χ3v) is 2.41. The second-order valence-corrected chi connectivity index (χ2v) is 3.81. The Labute approximate surface area is 97.7 Å². The Morgan fingerprint density at radius 2 is 2.06 bits per heavy atom. The van der Waals surface area contributed by atoms with Gasteiger partial charge in [-0.15, -0.1) is 0 Å². The van der Waals surface area contributed by atoms with Crippen molar-refractivity contribution in [3.63, 3.8) is 0 Å². The van der Waals surface area contributed by atoms with Gasteiger partial charge in [0.1, 0.15) is 0 Å². The first-order valence-electron chi connectivity index (χ1n) is 5.69. The summed E-state index contributed by atoms with van der Waals surface area (Å²) in [5, 5.41) is 2.86. The zero-order valence-electron chi connectivity index (χ0n) is 10.5. The number of nitrogens with one attached hydrogen (secondary N) is 1. The number of carbonyl (C=O) groups excluding carboxylic acids is 1. The van der Waals surface area contributed by atoms with Crippen LogP contribution in [-0.4, -0.2) is 45.4 Å². The lowest BCUT2D eigenvalue weighted by Crippen LogP contribution is -2.46. The van der Waals surface area contributed by atoms with Crippen LogP contribution in [-0.2, 0) is 14.3 Å². The summed E-state index contributed by atoms with van der Waals surface area (Å²) in [6.45, 7) is 3.16. The fourth-order valence-electron chi connectivity index (χ4n) is 1.35. The predicted molar refractivity (Wildman–Crippen MR) is 63.2 cm³/mol. The van der Waals surface area contributed by atoms with E-state index < -0.39 is 6.04 Å². The maximum Gasteiger partial charge on any atom is 0.237 e. The van der Waals surface area contributed by atoms with Crippen LogP contribution >= 0.6 is 0 Å². The molecule has 0 rings (SSSR count). The second kappa shape index (κ2) is 9.57. The van der Waals surface area contributed by atoms with Gasteiger partial charge < -0.3 is 20.5 Å². The molecule has 1 amide bonds. The molecule has 0 heterocycles. The largest absolute Gasteiger partial charge is 0.385 e. The summed E-state index contributed by atoms with van der Waals surface area (Å²) in [5.74, 6) is -0.111. The third kappa shape index (κ3) is 6.76. The lowest BCUT2D eigenvalue weighted by atomic mass is 10.1. The molecule has 0 aromatic heterocycles. The zero-order valence-corrected chi connectivity index (χ0v) is 10.5. The van der Waals surface area contributed by atoms with Crippen molar-refractivity contribution in [1.29, 1.82) is 0 Å². The molecule has 0 aliphatic heterocycles. The number of amides is 1. The van der Waals surface area contributed by atoms with E-state index in [0.717, 1.165) is 12.8 Å². The van der Waals surface area contributed by atoms with Crippen LogP contribution in [0.1, 0.15) is 26.2 Å². The number of nitrogens with two attached hydrogens (primary N) is 1. The number of carbonyl (C=O) groups is 1. The maximum atomic E-state index is 11.6. The SMILES string of the molecule is CCC(COC)NC(=O)C(N)CCCOC. The summed E-state index contributed by atoms with van der Waals surface area (Å²) < 4.78 is 9.90. The predicted octanol–water partition coefficient (Wildman–Crippen LogP) is 0.282. The van der Waals surface area contributed by atoms with Crippen molar-refractivity contribution < 1.29 is 14.3 Å². The molecule has 0 saturated heterocycles. The van der Waals surface area contributed by atoms with Gasteiger partial charge in [-0.1, -0.05) is 6.92 Å². The topological polar surface area (TPSA) is 73.6 Å². The van der Waals surface area contributed by atoms with Crippen molar-refractivity contribution >= 4 is 5.91 Å². The number of hydrogen-bond donors (Lipinski definition) is 2. The van der Waals surface area contributed by atoms with Gasteiger partial charge in [0.15, 0.2) is 0 Å². The standard InChI is InChI=1S/C11H24N2O3/c1-4-9(8-16-3)13-11(14)10(12)6-5-7-15-2/h9-10H,4-8,12H2,1-3H3,(H,13,14). The Kier molecular flexibility index (Phi) is 9.18. The zero-order chi connectivity index (χ0) is 12.4. The van der Waals surface area contributed by atoms with E-state index in [9.17, 15) is 4.79 Å². The smallest absolute Gasteiger partial charge is 0.237 e. The molecule has 5 heteroatoms. The molecule has 0 spiro atoms. The van der Waals surface area contributed by atoms with Gasteiger partial charge in [-0.05, 0) is 19.3 Å². The van der Waals surface area contributed by atoms with E-state index in [0.29, 0.717) is 19.6 Å². The lowest BCUT2D eigenvalue weighted by molar-refractivity contribution is -0.123. The molecule has 96 valence electrons. The lowest BCUT2D eigenvalue weighted by Gasteiger charge is -2.19. The van der Waals surface area contributed by atoms with Crippen LogP contribution < -0.4 is 11.1 Å². The average molecular weight is 232 g/mol. The molecule has 0 radical (unpaired) electrons. The van der Waals surface area contributed by atoms with Crippen molar-refractivity contribution in [3.8, 4) is 0 Å². The summed E-state index contributed by atoms with van der Waals surface area (Å²) in [6, 6.07) is -0.410. The fourth-order valence-corrected chi connectivity index (χ4v) is 1.35. The molecule has 0 bridgehead atoms. The first kappa shape index (κ1) is 15.3. The van der Waals surface area contributed by atoms with E-state index in [1.807, 2.05) is 6.92 Å². The Balaban J connectivity index is 3.83. The third-order valence-electron chi connectivity index (χ3n) is 2.41. The number of methoxy groups -OCH3 is 2. The van der Waals surface area contributed by atoms with Gasteiger partial charge in [0.05, 0.1) is 18.7 Å². The van der Waals surface area contributed by atoms with E-state index >= 15 is 0 Å². The van der Waals surface area contributed by atoms with E-state index in [1.165, 1.54) is 0 Å². The summed E-state index contributed by atoms with van der Waals surface area (Å²) in [7, 11) is 3.25. The van der Waals surface area contributed by atoms with E-state index in [4.69, 9.17) is 15.2 Å². The Morgan fingerprint density at radius 1 is 1.38 bits per heavy atom. The molecule has 5 nitrogen and oxygen atoms in total. The highest BCUT2D eigenvalue weighted by Crippen LogP contribution is 1.98. The van der Waals surface area contributed by atoms with Gasteiger partial charge in [-0.2, -0.15) is 0 Å². The molecule has 0 aliphatic carbocycles. The monoisotopic (exact) mass is 232 g/mol. The quantitative estimate of drug-likeness (QED) is 0.560. The van der Waals surface area contributed by atoms with Crippen LogP contribution in [0.25, 0.3) is 0 Å². The van der Waals surface area contributed by atoms with E-state index in [1.54, 1.807) is 14.2 Å². The summed E-state index contributed by atoms with van der Waals surface area (Å²) >= 11 is 0. The number of ether oxygens (including phenoxy) is 2. The highest BCUT2D eigenvalue weighted by molar-refractivity contribution is 5.81. The molecule has 3 N–H and O–H groups in total. The molecule has 2 atom stereocenters. The highest BCUT2D eigenvalue weighted by atomic mass is 16.5. The molecule has 0 saturated carbocycles. The van der Waals surface area contributed by atoms with Gasteiger partial charge in [0, 0.05) is 20.8 Å². The van der Waals surface area contributed by atoms with Crippen LogP contribution in [0.4, 0.5) is 0 Å². The first-order valence-corrected chi connectivity index (χ1v) is 5.69. The normalized spacial score (nSPS) is 14.5. The van der Waals surface area contributed by atoms with Crippen LogP contribution in [0.3, 0.4) is 0 Å². The Hall–Kier alpha value is -0.650. The Morgan fingerprint density at radius 3 is 2.56 bits per heavy atom. The van der Waals surface area contributed by atoms with Gasteiger partial charge in [0.25, 0.3) is 0 Å². The molecule has 16 heavy (non-hydrogen) atoms. The second-order valence-electron chi connectivity index (χ2n) is 3.81. The first-order chi connectivity index (χ1) is 7.65. The summed E-state index contributed by atoms with van der Waals surface area (Å²) in [6.07, 6.45) is 2.28. The van der Waals surface area contributed by atoms with Crippen molar-refractivity contribution in [2.75, 3.05) is 27.4 Å². The van der Waals surface area contributed by atoms with E-state index in [2.05, 4.69) is 5.32 Å². The van der Waals surface area contributed by atoms with Crippen molar-refractivity contribution in [1.82, 2.24) is 5.32 Å². The highest BCUT2D eigenvalue weighted by Gasteiger charge is 2.16. The molecular formula is C11H24N2O3. The summed E-state index contributed by atoms with van der Waals surface area (Å²) in [5.41, 5.74) is 5.75. The average Bonchev–Trinajstić information content (AvgIpc) is 2.28. The Bertz CT molecular complexity index is 188. The molecule has 0 aromatic rings. The van der Waals surface area contributed by atoms with Crippen molar-refractivity contribution in [2.24, 2.45) is 5.73 Å². The molecule has 0 fully saturated rings. The molecule has 0 aromatic carbocycles. The van der Waals surface area contributed by atoms with Crippen LogP contribution in [0.5, 0.6) is 0 Å². The van der Waals surface area contributed by atoms with Gasteiger partial charge in [-0.25, -0.2) is 0 Å². The van der Waals surface area contributed by atoms with Gasteiger partial charge in [0.2, 0.25) is 5.91 Å². The minimum absolute atomic E-state index is 0.0472. The minimum Gasteiger partial charge on any atom is -0.385 e. The van der Waals surface area contributed by atoms with Crippen molar-refractivity contribution in [3.05, 3.63) is 0 Å². The maximum absolute atomic E-state index is 11.6. The fraction of sp³-hybridized carbons (Fsp3) is 0.909. The minimum atomic E-state index is -0.457. The molecule has 0 aliphatic rings. The van der Waals surface area contributed by atoms with E-state index in [-0.39, 0.29) is 11.9 Å². The summed E-state index contributed by atoms with van der Waals surface area (Å²) in [4.78, 5) is 11.6. The van der Waals surface area contributed by atoms with Crippen LogP contribution in [0, 0.1) is 0 Å². The van der Waals surface area contributed by atoms with Crippen LogP contribution in [0.15, 0.2) is 0 Å².